The molecule has 0 aromatic rings. The van der Waals surface area contributed by atoms with Gasteiger partial charge in [0, 0.05) is 6.10 Å². The summed E-state index contributed by atoms with van der Waals surface area (Å²) in [6.45, 7) is 11.0. The summed E-state index contributed by atoms with van der Waals surface area (Å²) < 4.78 is 6.09. The molecule has 15 heavy (non-hydrogen) atoms. The monoisotopic (exact) mass is 230 g/mol. The zero-order chi connectivity index (χ0) is 11.9. The second-order valence-corrected chi connectivity index (χ2v) is 10.8. The summed E-state index contributed by atoms with van der Waals surface area (Å²) in [5, 5.41) is 8.97. The Morgan fingerprint density at radius 1 is 1.33 bits per heavy atom. The highest BCUT2D eigenvalue weighted by atomic mass is 28.4. The van der Waals surface area contributed by atoms with E-state index in [1.54, 1.807) is 0 Å². The molecular formula is C11H22O3Si. The van der Waals surface area contributed by atoms with Crippen molar-refractivity contribution in [2.75, 3.05) is 0 Å². The van der Waals surface area contributed by atoms with Crippen LogP contribution in [0.2, 0.25) is 18.1 Å². The third kappa shape index (κ3) is 2.81. The lowest BCUT2D eigenvalue weighted by atomic mass is 9.83. The Balaban J connectivity index is 2.42. The van der Waals surface area contributed by atoms with Gasteiger partial charge in [-0.25, -0.2) is 0 Å². The molecule has 88 valence electrons. The van der Waals surface area contributed by atoms with Crippen molar-refractivity contribution < 1.29 is 14.3 Å². The van der Waals surface area contributed by atoms with Crippen LogP contribution in [0.4, 0.5) is 0 Å². The first-order valence-corrected chi connectivity index (χ1v) is 8.45. The Morgan fingerprint density at radius 3 is 2.13 bits per heavy atom. The predicted molar refractivity (Wildman–Crippen MR) is 62.4 cm³/mol. The molecule has 0 heterocycles. The molecule has 1 rings (SSSR count). The van der Waals surface area contributed by atoms with Crippen LogP contribution in [-0.4, -0.2) is 25.5 Å². The van der Waals surface area contributed by atoms with Gasteiger partial charge in [-0.15, -0.1) is 0 Å². The molecular weight excluding hydrogens is 208 g/mol. The molecule has 1 saturated carbocycles. The maximum atomic E-state index is 10.6. The van der Waals surface area contributed by atoms with E-state index >= 15 is 0 Å². The summed E-state index contributed by atoms with van der Waals surface area (Å²) >= 11 is 0. The van der Waals surface area contributed by atoms with Crippen LogP contribution in [-0.2, 0) is 9.22 Å². The van der Waals surface area contributed by atoms with E-state index in [9.17, 15) is 4.79 Å². The molecule has 0 radical (unpaired) electrons. The highest BCUT2D eigenvalue weighted by Crippen LogP contribution is 2.41. The third-order valence-electron chi connectivity index (χ3n) is 3.71. The van der Waals surface area contributed by atoms with Crippen molar-refractivity contribution in [1.82, 2.24) is 0 Å². The van der Waals surface area contributed by atoms with E-state index in [-0.39, 0.29) is 17.1 Å². The Morgan fingerprint density at radius 2 is 1.80 bits per heavy atom. The predicted octanol–water partition coefficient (Wildman–Crippen LogP) is 2.87. The number of hydrogen-bond acceptors (Lipinski definition) is 2. The molecule has 1 aliphatic rings. The number of hydrogen-bond donors (Lipinski definition) is 1. The lowest BCUT2D eigenvalue weighted by molar-refractivity contribution is -0.148. The normalized spacial score (nSPS) is 27.3. The molecule has 0 amide bonds. The summed E-state index contributed by atoms with van der Waals surface area (Å²) in [5.74, 6) is -0.843. The Labute approximate surface area is 93.0 Å². The van der Waals surface area contributed by atoms with E-state index < -0.39 is 14.3 Å². The second-order valence-electron chi connectivity index (χ2n) is 6.01. The van der Waals surface area contributed by atoms with E-state index in [1.165, 1.54) is 0 Å². The molecule has 0 aromatic carbocycles. The molecule has 0 bridgehead atoms. The first-order valence-electron chi connectivity index (χ1n) is 5.54. The standard InChI is InChI=1S/C11H22O3Si/c1-11(2,3)15(4,5)14-9-6-8(7-9)10(12)13/h8-9H,6-7H2,1-5H3,(H,12,13)/t8-,9+. The van der Waals surface area contributed by atoms with Gasteiger partial charge in [-0.3, -0.25) is 4.79 Å². The highest BCUT2D eigenvalue weighted by Gasteiger charge is 2.43. The first kappa shape index (κ1) is 12.7. The minimum atomic E-state index is -1.70. The fraction of sp³-hybridized carbons (Fsp3) is 0.909. The van der Waals surface area contributed by atoms with E-state index in [1.807, 2.05) is 0 Å². The SMILES string of the molecule is CC(C)(C)[Si](C)(C)O[C@H]1C[C@@H](C(=O)O)C1. The minimum Gasteiger partial charge on any atom is -0.481 e. The van der Waals surface area contributed by atoms with Gasteiger partial charge in [0.05, 0.1) is 5.92 Å². The van der Waals surface area contributed by atoms with Gasteiger partial charge in [0.15, 0.2) is 8.32 Å². The fourth-order valence-electron chi connectivity index (χ4n) is 1.46. The lowest BCUT2D eigenvalue weighted by Crippen LogP contribution is -2.48. The Kier molecular flexibility index (Phi) is 3.31. The summed E-state index contributed by atoms with van der Waals surface area (Å²) in [7, 11) is -1.70. The maximum absolute atomic E-state index is 10.6. The molecule has 1 aliphatic carbocycles. The first-order chi connectivity index (χ1) is 6.63. The van der Waals surface area contributed by atoms with Crippen LogP contribution in [0.1, 0.15) is 33.6 Å². The minimum absolute atomic E-state index is 0.167. The van der Waals surface area contributed by atoms with Gasteiger partial charge in [-0.05, 0) is 31.0 Å². The number of carboxylic acids is 1. The maximum Gasteiger partial charge on any atom is 0.306 e. The van der Waals surface area contributed by atoms with Crippen LogP contribution in [0, 0.1) is 5.92 Å². The van der Waals surface area contributed by atoms with Crippen LogP contribution in [0.5, 0.6) is 0 Å². The zero-order valence-corrected chi connectivity index (χ0v) is 11.3. The molecule has 0 unspecified atom stereocenters. The highest BCUT2D eigenvalue weighted by molar-refractivity contribution is 6.74. The lowest BCUT2D eigenvalue weighted by Gasteiger charge is -2.43. The van der Waals surface area contributed by atoms with E-state index in [0.29, 0.717) is 12.8 Å². The van der Waals surface area contributed by atoms with Crippen molar-refractivity contribution in [2.24, 2.45) is 5.92 Å². The van der Waals surface area contributed by atoms with Crippen LogP contribution in [0.3, 0.4) is 0 Å². The van der Waals surface area contributed by atoms with Gasteiger partial charge >= 0.3 is 5.97 Å². The quantitative estimate of drug-likeness (QED) is 0.758. The smallest absolute Gasteiger partial charge is 0.306 e. The molecule has 0 atom stereocenters. The van der Waals surface area contributed by atoms with Crippen molar-refractivity contribution in [3.8, 4) is 0 Å². The van der Waals surface area contributed by atoms with E-state index in [4.69, 9.17) is 9.53 Å². The molecule has 0 saturated heterocycles. The van der Waals surface area contributed by atoms with Crippen molar-refractivity contribution in [3.05, 3.63) is 0 Å². The molecule has 1 fully saturated rings. The van der Waals surface area contributed by atoms with Crippen LogP contribution in [0.15, 0.2) is 0 Å². The molecule has 0 aliphatic heterocycles. The molecule has 0 aromatic heterocycles. The molecule has 4 heteroatoms. The average molecular weight is 230 g/mol. The van der Waals surface area contributed by atoms with E-state index in [0.717, 1.165) is 0 Å². The fourth-order valence-corrected chi connectivity index (χ4v) is 2.84. The van der Waals surface area contributed by atoms with Gasteiger partial charge in [0.1, 0.15) is 0 Å². The summed E-state index contributed by atoms with van der Waals surface area (Å²) in [5.41, 5.74) is 0. The number of carboxylic acid groups (broad SMARTS) is 1. The topological polar surface area (TPSA) is 46.5 Å². The number of rotatable bonds is 3. The molecule has 1 N–H and O–H groups in total. The van der Waals surface area contributed by atoms with Crippen LogP contribution >= 0.6 is 0 Å². The summed E-state index contributed by atoms with van der Waals surface area (Å²) in [6, 6.07) is 0. The summed E-state index contributed by atoms with van der Waals surface area (Å²) in [4.78, 5) is 10.6. The van der Waals surface area contributed by atoms with Crippen molar-refractivity contribution in [2.45, 2.75) is 57.8 Å². The van der Waals surface area contributed by atoms with Gasteiger partial charge in [0.2, 0.25) is 0 Å². The average Bonchev–Trinajstić information content (AvgIpc) is 1.92. The summed E-state index contributed by atoms with van der Waals surface area (Å²) in [6.07, 6.45) is 1.58. The van der Waals surface area contributed by atoms with Gasteiger partial charge in [0.25, 0.3) is 0 Å². The Bertz CT molecular complexity index is 249. The van der Waals surface area contributed by atoms with Crippen molar-refractivity contribution in [1.29, 1.82) is 0 Å². The molecule has 0 spiro atoms. The van der Waals surface area contributed by atoms with Gasteiger partial charge < -0.3 is 9.53 Å². The second kappa shape index (κ2) is 3.90. The number of carbonyl (C=O) groups is 1. The largest absolute Gasteiger partial charge is 0.481 e. The van der Waals surface area contributed by atoms with Crippen molar-refractivity contribution >= 4 is 14.3 Å². The number of aliphatic carboxylic acids is 1. The van der Waals surface area contributed by atoms with Gasteiger partial charge in [-0.1, -0.05) is 20.8 Å². The van der Waals surface area contributed by atoms with E-state index in [2.05, 4.69) is 33.9 Å². The third-order valence-corrected chi connectivity index (χ3v) is 8.25. The molecule has 3 nitrogen and oxygen atoms in total. The van der Waals surface area contributed by atoms with Crippen LogP contribution in [0.25, 0.3) is 0 Å². The van der Waals surface area contributed by atoms with Gasteiger partial charge in [-0.2, -0.15) is 0 Å². The van der Waals surface area contributed by atoms with Crippen LogP contribution < -0.4 is 0 Å². The Hall–Kier alpha value is -0.353. The van der Waals surface area contributed by atoms with Crippen molar-refractivity contribution in [3.63, 3.8) is 0 Å². The zero-order valence-electron chi connectivity index (χ0n) is 10.3.